The molecule has 2 aromatic heterocycles. The lowest BCUT2D eigenvalue weighted by Gasteiger charge is -2.43. The molecule has 6 rings (SSSR count). The molecular formula is C30H37N9O2. The molecule has 0 saturated carbocycles. The van der Waals surface area contributed by atoms with Crippen molar-refractivity contribution in [2.75, 3.05) is 66.8 Å². The highest BCUT2D eigenvalue weighted by molar-refractivity contribution is 5.96. The van der Waals surface area contributed by atoms with E-state index in [-0.39, 0.29) is 18.0 Å². The summed E-state index contributed by atoms with van der Waals surface area (Å²) < 4.78 is 0. The first kappa shape index (κ1) is 26.9. The number of fused-ring (bicyclic) bond motifs is 2. The van der Waals surface area contributed by atoms with Crippen molar-refractivity contribution in [1.29, 1.82) is 0 Å². The number of hydrogen-bond donors (Lipinski definition) is 1. The second-order valence-electron chi connectivity index (χ2n) is 11.0. The highest BCUT2D eigenvalue weighted by Crippen LogP contribution is 2.41. The fourth-order valence-corrected chi connectivity index (χ4v) is 5.94. The molecule has 3 aromatic rings. The number of amides is 3. The van der Waals surface area contributed by atoms with Gasteiger partial charge in [-0.1, -0.05) is 25.1 Å². The van der Waals surface area contributed by atoms with E-state index in [1.165, 1.54) is 0 Å². The van der Waals surface area contributed by atoms with Crippen molar-refractivity contribution < 1.29 is 9.59 Å². The molecule has 3 amide bonds. The highest BCUT2D eigenvalue weighted by atomic mass is 16.2. The van der Waals surface area contributed by atoms with Gasteiger partial charge in [0.25, 0.3) is 0 Å². The van der Waals surface area contributed by atoms with Crippen LogP contribution >= 0.6 is 0 Å². The lowest BCUT2D eigenvalue weighted by molar-refractivity contribution is -0.118. The number of pyridine rings is 1. The third-order valence-corrected chi connectivity index (χ3v) is 8.24. The van der Waals surface area contributed by atoms with Gasteiger partial charge in [0, 0.05) is 63.6 Å². The summed E-state index contributed by atoms with van der Waals surface area (Å²) in [5.41, 5.74) is 3.87. The molecule has 1 N–H and O–H groups in total. The van der Waals surface area contributed by atoms with Gasteiger partial charge < -0.3 is 24.9 Å². The van der Waals surface area contributed by atoms with Gasteiger partial charge in [-0.2, -0.15) is 4.98 Å². The Balaban J connectivity index is 1.18. The number of hydrogen-bond acceptors (Lipinski definition) is 8. The number of likely N-dealkylation sites (N-methyl/N-ethyl adjacent to an activating group) is 1. The van der Waals surface area contributed by atoms with E-state index in [0.29, 0.717) is 43.5 Å². The Morgan fingerprint density at radius 3 is 2.56 bits per heavy atom. The van der Waals surface area contributed by atoms with Gasteiger partial charge in [-0.15, -0.1) is 0 Å². The van der Waals surface area contributed by atoms with Crippen molar-refractivity contribution in [2.45, 2.75) is 38.8 Å². The number of carbonyl (C=O) groups is 2. The van der Waals surface area contributed by atoms with Gasteiger partial charge in [-0.3, -0.25) is 9.69 Å². The van der Waals surface area contributed by atoms with E-state index in [0.717, 1.165) is 55.1 Å². The molecule has 1 atom stereocenters. The number of rotatable bonds is 6. The molecule has 3 aliphatic rings. The van der Waals surface area contributed by atoms with Crippen LogP contribution in [0.1, 0.15) is 43.4 Å². The molecule has 0 aliphatic carbocycles. The van der Waals surface area contributed by atoms with Crippen LogP contribution in [-0.2, 0) is 11.3 Å². The Bertz CT molecular complexity index is 1420. The van der Waals surface area contributed by atoms with Crippen molar-refractivity contribution >= 4 is 40.9 Å². The van der Waals surface area contributed by atoms with Crippen LogP contribution in [0.15, 0.2) is 48.8 Å². The van der Waals surface area contributed by atoms with Crippen LogP contribution in [0.25, 0.3) is 0 Å². The second kappa shape index (κ2) is 11.3. The summed E-state index contributed by atoms with van der Waals surface area (Å²) in [6.45, 7) is 7.05. The van der Waals surface area contributed by atoms with E-state index < -0.39 is 0 Å². The molecule has 11 heteroatoms. The van der Waals surface area contributed by atoms with Crippen LogP contribution in [0.3, 0.4) is 0 Å². The summed E-state index contributed by atoms with van der Waals surface area (Å²) in [6, 6.07) is 11.7. The molecular weight excluding hydrogens is 518 g/mol. The smallest absolute Gasteiger partial charge is 0.326 e. The number of benzene rings is 1. The van der Waals surface area contributed by atoms with Gasteiger partial charge in [-0.05, 0) is 43.7 Å². The minimum Gasteiger partial charge on any atom is -0.368 e. The van der Waals surface area contributed by atoms with Gasteiger partial charge >= 0.3 is 6.03 Å². The average Bonchev–Trinajstić information content (AvgIpc) is 3.00. The second-order valence-corrected chi connectivity index (χ2v) is 11.0. The van der Waals surface area contributed by atoms with Crippen LogP contribution in [-0.4, -0.2) is 83.5 Å². The lowest BCUT2D eigenvalue weighted by Crippen LogP contribution is -2.49. The third-order valence-electron chi connectivity index (χ3n) is 8.24. The van der Waals surface area contributed by atoms with Crippen molar-refractivity contribution in [3.8, 4) is 0 Å². The fraction of sp³-hybridized carbons (Fsp3) is 0.433. The zero-order valence-corrected chi connectivity index (χ0v) is 24.0. The number of anilines is 5. The normalized spacial score (nSPS) is 19.2. The minimum absolute atomic E-state index is 0.120. The van der Waals surface area contributed by atoms with Crippen molar-refractivity contribution in [3.63, 3.8) is 0 Å². The zero-order chi connectivity index (χ0) is 28.5. The Morgan fingerprint density at radius 2 is 1.80 bits per heavy atom. The summed E-state index contributed by atoms with van der Waals surface area (Å²) in [7, 11) is 3.89. The van der Waals surface area contributed by atoms with Crippen LogP contribution in [0, 0.1) is 0 Å². The largest absolute Gasteiger partial charge is 0.368 e. The van der Waals surface area contributed by atoms with E-state index in [9.17, 15) is 9.59 Å². The Hall–Kier alpha value is -4.25. The van der Waals surface area contributed by atoms with E-state index in [4.69, 9.17) is 0 Å². The summed E-state index contributed by atoms with van der Waals surface area (Å²) >= 11 is 0. The SMILES string of the molecule is CCCC(=O)N1CCC(N2Cc3cnc(Nc4ccc(N5CCN(C)CC5)cn4)nc3N(C)C2=O)c2ccccc21. The predicted molar refractivity (Wildman–Crippen MR) is 160 cm³/mol. The monoisotopic (exact) mass is 555 g/mol. The maximum atomic E-state index is 13.7. The maximum absolute atomic E-state index is 13.7. The minimum atomic E-state index is -0.138. The Morgan fingerprint density at radius 1 is 1.00 bits per heavy atom. The quantitative estimate of drug-likeness (QED) is 0.487. The first-order chi connectivity index (χ1) is 19.9. The number of carbonyl (C=O) groups excluding carboxylic acids is 2. The van der Waals surface area contributed by atoms with Gasteiger partial charge in [0.2, 0.25) is 11.9 Å². The predicted octanol–water partition coefficient (Wildman–Crippen LogP) is 4.02. The lowest BCUT2D eigenvalue weighted by atomic mass is 9.94. The molecule has 5 heterocycles. The summed E-state index contributed by atoms with van der Waals surface area (Å²) in [4.78, 5) is 50.3. The van der Waals surface area contributed by atoms with Crippen molar-refractivity contribution in [2.24, 2.45) is 0 Å². The first-order valence-corrected chi connectivity index (χ1v) is 14.4. The molecule has 1 aromatic carbocycles. The van der Waals surface area contributed by atoms with Gasteiger partial charge in [-0.25, -0.2) is 14.8 Å². The third kappa shape index (κ3) is 5.29. The standard InChI is InChI=1S/C30H37N9O2/c1-4-7-27(40)38-13-12-25(23-8-5-6-9-24(23)38)39-20-21-18-32-29(34-28(21)36(3)30(39)41)33-26-11-10-22(19-31-26)37-16-14-35(2)15-17-37/h5-6,8-11,18-19,25H,4,7,12-17,20H2,1-3H3,(H,31,32,33,34). The maximum Gasteiger partial charge on any atom is 0.326 e. The Kier molecular flexibility index (Phi) is 7.44. The molecule has 0 radical (unpaired) electrons. The summed E-state index contributed by atoms with van der Waals surface area (Å²) in [5.74, 6) is 1.75. The number of nitrogens with zero attached hydrogens (tertiary/aromatic N) is 8. The first-order valence-electron chi connectivity index (χ1n) is 14.4. The molecule has 1 saturated heterocycles. The van der Waals surface area contributed by atoms with Crippen molar-refractivity contribution in [3.05, 3.63) is 59.9 Å². The van der Waals surface area contributed by atoms with Gasteiger partial charge in [0.15, 0.2) is 0 Å². The van der Waals surface area contributed by atoms with E-state index >= 15 is 0 Å². The zero-order valence-electron chi connectivity index (χ0n) is 24.0. The van der Waals surface area contributed by atoms with Crippen LogP contribution in [0.5, 0.6) is 0 Å². The summed E-state index contributed by atoms with van der Waals surface area (Å²) in [5, 5.41) is 3.19. The fourth-order valence-electron chi connectivity index (χ4n) is 5.94. The van der Waals surface area contributed by atoms with E-state index in [1.807, 2.05) is 53.3 Å². The van der Waals surface area contributed by atoms with Gasteiger partial charge in [0.1, 0.15) is 11.6 Å². The van der Waals surface area contributed by atoms with Crippen LogP contribution in [0.2, 0.25) is 0 Å². The van der Waals surface area contributed by atoms with Crippen LogP contribution in [0.4, 0.5) is 33.8 Å². The molecule has 214 valence electrons. The molecule has 0 spiro atoms. The molecule has 11 nitrogen and oxygen atoms in total. The van der Waals surface area contributed by atoms with Gasteiger partial charge in [0.05, 0.1) is 24.5 Å². The molecule has 1 fully saturated rings. The molecule has 0 bridgehead atoms. The van der Waals surface area contributed by atoms with Crippen LogP contribution < -0.4 is 20.0 Å². The highest BCUT2D eigenvalue weighted by Gasteiger charge is 2.38. The molecule has 3 aliphatic heterocycles. The molecule has 41 heavy (non-hydrogen) atoms. The number of piperazine rings is 1. The summed E-state index contributed by atoms with van der Waals surface area (Å²) in [6.07, 6.45) is 5.66. The number of nitrogens with one attached hydrogen (secondary N) is 1. The number of urea groups is 1. The molecule has 1 unspecified atom stereocenters. The number of para-hydroxylation sites is 1. The number of aromatic nitrogens is 3. The Labute approximate surface area is 240 Å². The van der Waals surface area contributed by atoms with E-state index in [2.05, 4.69) is 43.2 Å². The average molecular weight is 556 g/mol. The van der Waals surface area contributed by atoms with E-state index in [1.54, 1.807) is 18.1 Å². The topological polar surface area (TPSA) is 101 Å². The van der Waals surface area contributed by atoms with Crippen molar-refractivity contribution in [1.82, 2.24) is 24.8 Å².